The first-order valence-electron chi connectivity index (χ1n) is 11.5. The molecule has 9 heteroatoms. The number of fused-ring (bicyclic) bond motifs is 1. The summed E-state index contributed by atoms with van der Waals surface area (Å²) >= 11 is 0. The number of rotatable bonds is 5. The Labute approximate surface area is 198 Å². The van der Waals surface area contributed by atoms with Crippen LogP contribution in [0.25, 0.3) is 0 Å². The maximum Gasteiger partial charge on any atom is 0.322 e. The first-order valence-corrected chi connectivity index (χ1v) is 11.5. The van der Waals surface area contributed by atoms with Crippen molar-refractivity contribution in [3.63, 3.8) is 0 Å². The summed E-state index contributed by atoms with van der Waals surface area (Å²) in [6.45, 7) is 0.537. The fourth-order valence-electron chi connectivity index (χ4n) is 4.41. The molecular weight excluding hydrogens is 441 g/mol. The molecule has 0 bridgehead atoms. The predicted molar refractivity (Wildman–Crippen MR) is 124 cm³/mol. The summed E-state index contributed by atoms with van der Waals surface area (Å²) in [6, 6.07) is 14.8. The molecule has 3 amide bonds. The summed E-state index contributed by atoms with van der Waals surface area (Å²) in [5.74, 6) is -0.588. The third-order valence-corrected chi connectivity index (χ3v) is 6.11. The van der Waals surface area contributed by atoms with Gasteiger partial charge in [0.15, 0.2) is 0 Å². The maximum absolute atomic E-state index is 13.8. The molecule has 0 aliphatic carbocycles. The topological polar surface area (TPSA) is 100 Å². The van der Waals surface area contributed by atoms with E-state index in [9.17, 15) is 19.1 Å². The number of ether oxygens (including phenoxy) is 2. The molecule has 2 aliphatic rings. The molecule has 0 saturated carbocycles. The van der Waals surface area contributed by atoms with Gasteiger partial charge in [-0.05, 0) is 31.0 Å². The number of halogens is 1. The molecule has 8 nitrogen and oxygen atoms in total. The molecule has 2 heterocycles. The summed E-state index contributed by atoms with van der Waals surface area (Å²) < 4.78 is 25.6. The third kappa shape index (κ3) is 6.31. The number of carbonyl (C=O) groups excluding carboxylic acids is 2. The third-order valence-electron chi connectivity index (χ3n) is 6.11. The van der Waals surface area contributed by atoms with Crippen molar-refractivity contribution in [2.75, 3.05) is 25.1 Å². The number of nitrogens with zero attached hydrogens (tertiary/aromatic N) is 1. The highest BCUT2D eigenvalue weighted by molar-refractivity contribution is 5.89. The Morgan fingerprint density at radius 3 is 2.62 bits per heavy atom. The first-order chi connectivity index (χ1) is 16.5. The van der Waals surface area contributed by atoms with E-state index in [0.29, 0.717) is 24.1 Å². The van der Waals surface area contributed by atoms with Crippen LogP contribution in [-0.2, 0) is 20.8 Å². The van der Waals surface area contributed by atoms with E-state index in [1.54, 1.807) is 35.2 Å². The molecule has 4 atom stereocenters. The van der Waals surface area contributed by atoms with Crippen molar-refractivity contribution in [3.8, 4) is 0 Å². The Morgan fingerprint density at radius 2 is 1.82 bits per heavy atom. The van der Waals surface area contributed by atoms with Gasteiger partial charge in [0.25, 0.3) is 0 Å². The van der Waals surface area contributed by atoms with E-state index in [1.807, 2.05) is 18.2 Å². The van der Waals surface area contributed by atoms with Gasteiger partial charge in [-0.25, -0.2) is 9.18 Å². The lowest BCUT2D eigenvalue weighted by molar-refractivity contribution is -0.149. The van der Waals surface area contributed by atoms with Crippen LogP contribution in [0.5, 0.6) is 0 Å². The summed E-state index contributed by atoms with van der Waals surface area (Å²) in [7, 11) is 0. The van der Waals surface area contributed by atoms with Gasteiger partial charge in [-0.1, -0.05) is 36.4 Å². The van der Waals surface area contributed by atoms with Gasteiger partial charge >= 0.3 is 6.03 Å². The zero-order valence-electron chi connectivity index (χ0n) is 18.9. The number of amides is 3. The van der Waals surface area contributed by atoms with Crippen molar-refractivity contribution in [2.45, 2.75) is 50.2 Å². The number of β-amino-alcohol motifs (C(OH)–C–C–N with tert-alkyl or cyclic N) is 1. The minimum Gasteiger partial charge on any atom is -0.389 e. The van der Waals surface area contributed by atoms with Gasteiger partial charge < -0.3 is 30.1 Å². The van der Waals surface area contributed by atoms with Crippen LogP contribution in [0.4, 0.5) is 14.9 Å². The Morgan fingerprint density at radius 1 is 1.06 bits per heavy atom. The van der Waals surface area contributed by atoms with E-state index in [1.165, 1.54) is 6.07 Å². The average Bonchev–Trinajstić information content (AvgIpc) is 2.82. The zero-order valence-corrected chi connectivity index (χ0v) is 18.9. The molecule has 4 rings (SSSR count). The van der Waals surface area contributed by atoms with Gasteiger partial charge in [-0.3, -0.25) is 4.79 Å². The van der Waals surface area contributed by atoms with Crippen LogP contribution >= 0.6 is 0 Å². The highest BCUT2D eigenvalue weighted by atomic mass is 19.1. The number of hydrogen-bond donors (Lipinski definition) is 3. The van der Waals surface area contributed by atoms with Crippen molar-refractivity contribution in [1.82, 2.24) is 10.2 Å². The van der Waals surface area contributed by atoms with Crippen LogP contribution in [0, 0.1) is 5.82 Å². The monoisotopic (exact) mass is 471 g/mol. The van der Waals surface area contributed by atoms with Gasteiger partial charge in [0.2, 0.25) is 5.91 Å². The SMILES string of the molecule is O=C(C[C@@H]1CC[C@H]2[C@@H](COC[C@@H](O)CN2C(=O)Nc2ccccc2)O1)NCc1ccccc1F. The lowest BCUT2D eigenvalue weighted by Crippen LogP contribution is -2.58. The number of nitrogens with one attached hydrogen (secondary N) is 2. The van der Waals surface area contributed by atoms with E-state index < -0.39 is 12.2 Å². The quantitative estimate of drug-likeness (QED) is 0.623. The molecule has 0 unspecified atom stereocenters. The molecule has 2 aromatic rings. The number of urea groups is 1. The molecule has 0 spiro atoms. The van der Waals surface area contributed by atoms with Crippen LogP contribution in [0.1, 0.15) is 24.8 Å². The van der Waals surface area contributed by atoms with E-state index in [-0.39, 0.29) is 62.6 Å². The standard InChI is InChI=1S/C25H30FN3O5/c26-21-9-5-4-6-17(21)13-27-24(31)12-20-10-11-22-23(34-20)16-33-15-19(30)14-29(22)25(32)28-18-7-2-1-3-8-18/h1-9,19-20,22-23,30H,10-16H2,(H,27,31)(H,28,32)/t19-,20-,22-,23+/m0/s1. The van der Waals surface area contributed by atoms with Gasteiger partial charge in [0.05, 0.1) is 44.4 Å². The maximum atomic E-state index is 13.8. The van der Waals surface area contributed by atoms with Gasteiger partial charge in [0, 0.05) is 17.8 Å². The largest absolute Gasteiger partial charge is 0.389 e. The second-order valence-corrected chi connectivity index (χ2v) is 8.65. The lowest BCUT2D eigenvalue weighted by Gasteiger charge is -2.44. The zero-order chi connectivity index (χ0) is 23.9. The van der Waals surface area contributed by atoms with Crippen LogP contribution in [-0.4, -0.2) is 66.1 Å². The highest BCUT2D eigenvalue weighted by Crippen LogP contribution is 2.28. The number of carbonyl (C=O) groups is 2. The Kier molecular flexibility index (Phi) is 8.10. The fourth-order valence-corrected chi connectivity index (χ4v) is 4.41. The van der Waals surface area contributed by atoms with Crippen molar-refractivity contribution < 1.29 is 28.6 Å². The van der Waals surface area contributed by atoms with Crippen LogP contribution < -0.4 is 10.6 Å². The molecule has 2 saturated heterocycles. The molecule has 0 radical (unpaired) electrons. The van der Waals surface area contributed by atoms with Crippen LogP contribution in [0.15, 0.2) is 54.6 Å². The number of hydrogen-bond acceptors (Lipinski definition) is 5. The van der Waals surface area contributed by atoms with E-state index >= 15 is 0 Å². The van der Waals surface area contributed by atoms with E-state index in [4.69, 9.17) is 9.47 Å². The number of anilines is 1. The predicted octanol–water partition coefficient (Wildman–Crippen LogP) is 2.67. The molecule has 0 aromatic heterocycles. The van der Waals surface area contributed by atoms with Crippen LogP contribution in [0.2, 0.25) is 0 Å². The molecule has 2 aromatic carbocycles. The number of benzene rings is 2. The summed E-state index contributed by atoms with van der Waals surface area (Å²) in [5.41, 5.74) is 1.09. The Hall–Kier alpha value is -3.01. The van der Waals surface area contributed by atoms with Gasteiger partial charge in [0.1, 0.15) is 11.9 Å². The fraction of sp³-hybridized carbons (Fsp3) is 0.440. The normalized spacial score (nSPS) is 24.9. The van der Waals surface area contributed by atoms with Gasteiger partial charge in [-0.15, -0.1) is 0 Å². The molecule has 182 valence electrons. The number of aliphatic hydroxyl groups excluding tert-OH is 1. The van der Waals surface area contributed by atoms with Crippen LogP contribution in [0.3, 0.4) is 0 Å². The first kappa shape index (κ1) is 24.1. The number of para-hydroxylation sites is 1. The average molecular weight is 472 g/mol. The second-order valence-electron chi connectivity index (χ2n) is 8.65. The summed E-state index contributed by atoms with van der Waals surface area (Å²) in [5, 5.41) is 15.9. The molecule has 2 aliphatic heterocycles. The minimum atomic E-state index is -0.802. The minimum absolute atomic E-state index is 0.0927. The van der Waals surface area contributed by atoms with E-state index in [0.717, 1.165) is 0 Å². The lowest BCUT2D eigenvalue weighted by atomic mass is 9.95. The summed E-state index contributed by atoms with van der Waals surface area (Å²) in [6.07, 6.45) is -0.255. The van der Waals surface area contributed by atoms with Crippen molar-refractivity contribution in [3.05, 3.63) is 66.0 Å². The molecule has 34 heavy (non-hydrogen) atoms. The Balaban J connectivity index is 1.35. The van der Waals surface area contributed by atoms with E-state index in [2.05, 4.69) is 10.6 Å². The highest BCUT2D eigenvalue weighted by Gasteiger charge is 2.40. The molecule has 3 N–H and O–H groups in total. The Bertz CT molecular complexity index is 976. The smallest absolute Gasteiger partial charge is 0.322 e. The molecular formula is C25H30FN3O5. The van der Waals surface area contributed by atoms with Crippen molar-refractivity contribution >= 4 is 17.6 Å². The number of aliphatic hydroxyl groups is 1. The van der Waals surface area contributed by atoms with Crippen molar-refractivity contribution in [1.29, 1.82) is 0 Å². The molecule has 2 fully saturated rings. The van der Waals surface area contributed by atoms with Gasteiger partial charge in [-0.2, -0.15) is 0 Å². The summed E-state index contributed by atoms with van der Waals surface area (Å²) in [4.78, 5) is 27.1. The second kappa shape index (κ2) is 11.4. The van der Waals surface area contributed by atoms with Crippen molar-refractivity contribution in [2.24, 2.45) is 0 Å².